The van der Waals surface area contributed by atoms with Crippen molar-refractivity contribution in [1.82, 2.24) is 13.7 Å². The normalized spacial score (nSPS) is 11.3. The first-order valence-corrected chi connectivity index (χ1v) is 30.9. The molecule has 0 N–H and O–H groups in total. The molecule has 0 amide bonds. The molecule has 6 heteroatoms. The molecule has 6 heterocycles. The molecular formula is C75H107N6+3. The van der Waals surface area contributed by atoms with Crippen molar-refractivity contribution in [3.05, 3.63) is 205 Å². The molecule has 11 aromatic rings. The van der Waals surface area contributed by atoms with Crippen molar-refractivity contribution in [2.24, 2.45) is 20.0 Å². The van der Waals surface area contributed by atoms with E-state index < -0.39 is 0 Å². The molecule has 0 fully saturated rings. The molecule has 5 aromatic heterocycles. The summed E-state index contributed by atoms with van der Waals surface area (Å²) in [7, 11) is 6.33. The molecule has 0 saturated carbocycles. The predicted molar refractivity (Wildman–Crippen MR) is 365 cm³/mol. The van der Waals surface area contributed by atoms with Gasteiger partial charge in [-0.3, -0.25) is 0 Å². The predicted octanol–water partition coefficient (Wildman–Crippen LogP) is 21.2. The number of aryl methyl sites for hydroxylation is 5. The molecule has 12 rings (SSSR count). The van der Waals surface area contributed by atoms with Gasteiger partial charge in [0, 0.05) is 33.0 Å². The second kappa shape index (κ2) is 38.1. The second-order valence-corrected chi connectivity index (χ2v) is 16.9. The first-order chi connectivity index (χ1) is 39.7. The topological polar surface area (TPSA) is 25.6 Å². The summed E-state index contributed by atoms with van der Waals surface area (Å²) in [6.07, 6.45) is 8.62. The lowest BCUT2D eigenvalue weighted by Crippen LogP contribution is -2.33. The van der Waals surface area contributed by atoms with Gasteiger partial charge in [-0.2, -0.15) is 13.7 Å². The number of fused-ring (bicyclic) bond motifs is 9. The van der Waals surface area contributed by atoms with Gasteiger partial charge in [0.05, 0.1) is 51.0 Å². The maximum absolute atomic E-state index is 2.44. The van der Waals surface area contributed by atoms with Crippen LogP contribution in [0, 0.1) is 26.7 Å². The van der Waals surface area contributed by atoms with Crippen LogP contribution < -0.4 is 9.13 Å². The molecule has 81 heavy (non-hydrogen) atoms. The van der Waals surface area contributed by atoms with Crippen molar-refractivity contribution in [2.45, 2.75) is 152 Å². The second-order valence-electron chi connectivity index (χ2n) is 16.9. The Labute approximate surface area is 492 Å². The highest BCUT2D eigenvalue weighted by Crippen LogP contribution is 2.35. The Morgan fingerprint density at radius 2 is 0.704 bits per heavy atom. The van der Waals surface area contributed by atoms with E-state index in [4.69, 9.17) is 0 Å². The van der Waals surface area contributed by atoms with Crippen molar-refractivity contribution in [3.8, 4) is 11.5 Å². The molecule has 0 radical (unpaired) electrons. The van der Waals surface area contributed by atoms with Gasteiger partial charge in [0.15, 0.2) is 0 Å². The average Bonchev–Trinajstić information content (AvgIpc) is 4.31. The van der Waals surface area contributed by atoms with Crippen LogP contribution in [-0.2, 0) is 14.1 Å². The van der Waals surface area contributed by atoms with E-state index in [-0.39, 0.29) is 0 Å². The van der Waals surface area contributed by atoms with Crippen LogP contribution in [0.2, 0.25) is 0 Å². The Morgan fingerprint density at radius 1 is 0.333 bits per heavy atom. The summed E-state index contributed by atoms with van der Waals surface area (Å²) < 4.78 is 13.8. The van der Waals surface area contributed by atoms with Crippen LogP contribution in [0.15, 0.2) is 188 Å². The van der Waals surface area contributed by atoms with Gasteiger partial charge in [-0.15, -0.1) is 0 Å². The van der Waals surface area contributed by atoms with Crippen molar-refractivity contribution in [2.75, 3.05) is 7.05 Å². The molecule has 1 atom stereocenters. The fourth-order valence-corrected chi connectivity index (χ4v) is 9.87. The summed E-state index contributed by atoms with van der Waals surface area (Å²) >= 11 is 0. The van der Waals surface area contributed by atoms with Crippen molar-refractivity contribution in [3.63, 3.8) is 0 Å². The molecule has 6 aromatic carbocycles. The van der Waals surface area contributed by atoms with E-state index in [1.807, 2.05) is 125 Å². The first-order valence-electron chi connectivity index (χ1n) is 30.9. The maximum Gasteiger partial charge on any atom is 0.294 e. The smallest absolute Gasteiger partial charge is 0.240 e. The lowest BCUT2D eigenvalue weighted by molar-refractivity contribution is -0.665. The van der Waals surface area contributed by atoms with Crippen molar-refractivity contribution in [1.29, 1.82) is 0 Å². The third kappa shape index (κ3) is 15.9. The van der Waals surface area contributed by atoms with Gasteiger partial charge in [-0.05, 0) is 123 Å². The van der Waals surface area contributed by atoms with E-state index in [0.29, 0.717) is 5.92 Å². The zero-order chi connectivity index (χ0) is 61.4. The van der Waals surface area contributed by atoms with E-state index >= 15 is 0 Å². The lowest BCUT2D eigenvalue weighted by Gasteiger charge is -2.07. The summed E-state index contributed by atoms with van der Waals surface area (Å²) in [6, 6.07) is 58.2. The number of nitrogens with zero attached hydrogens (tertiary/aromatic N) is 6. The minimum absolute atomic E-state index is 0.425. The number of benzene rings is 6. The zero-order valence-electron chi connectivity index (χ0n) is 55.2. The van der Waals surface area contributed by atoms with E-state index in [1.54, 1.807) is 0 Å². The Kier molecular flexibility index (Phi) is 33.6. The van der Waals surface area contributed by atoms with Crippen LogP contribution in [0.3, 0.4) is 0 Å². The molecule has 0 saturated heterocycles. The zero-order valence-corrected chi connectivity index (χ0v) is 55.2. The fraction of sp³-hybridized carbons (Fsp3) is 0.347. The average molecular weight is 1090 g/mol. The van der Waals surface area contributed by atoms with Crippen molar-refractivity contribution < 1.29 is 13.7 Å². The quantitative estimate of drug-likeness (QED) is 0.154. The highest BCUT2D eigenvalue weighted by Gasteiger charge is 2.30. The highest BCUT2D eigenvalue weighted by molar-refractivity contribution is 6.15. The first kappa shape index (κ1) is 71.4. The fourth-order valence-electron chi connectivity index (χ4n) is 9.87. The van der Waals surface area contributed by atoms with Crippen LogP contribution >= 0.6 is 0 Å². The number of allylic oxidation sites excluding steroid dienone is 1. The molecule has 1 aliphatic heterocycles. The molecule has 434 valence electrons. The van der Waals surface area contributed by atoms with Crippen LogP contribution in [0.1, 0.15) is 148 Å². The Morgan fingerprint density at radius 3 is 1.17 bits per heavy atom. The molecule has 1 unspecified atom stereocenters. The van der Waals surface area contributed by atoms with E-state index in [0.717, 1.165) is 0 Å². The standard InChI is InChI=1S/C19H19N2.2C19H17N2.9C2H6/c1-13-7-6-9-16-15-8-4-5-10-17(15)21(18(13)16)19-14(2)11-12-20(19)3;1-14-8-3-5-11-17(14)21-18-12-6-4-9-15(18)16-10-7-13-20(2)19(16)21;1-14-8-7-10-16-15-9-3-4-11-17(15)21(19(14)16)18-12-5-6-13-20(18)2;9*1-2/h4-12,14H,1-3H3;2*3-13H,1-2H3;9*1-2H3/q3*+1;;;;;;;;;. The highest BCUT2D eigenvalue weighted by atomic mass is 15.2. The molecule has 1 aliphatic rings. The third-order valence-electron chi connectivity index (χ3n) is 12.8. The van der Waals surface area contributed by atoms with Gasteiger partial charge in [0.1, 0.15) is 33.3 Å². The Hall–Kier alpha value is -7.57. The van der Waals surface area contributed by atoms with Gasteiger partial charge >= 0.3 is 0 Å². The van der Waals surface area contributed by atoms with Gasteiger partial charge < -0.3 is 0 Å². The summed E-state index contributed by atoms with van der Waals surface area (Å²) in [4.78, 5) is 0. The van der Waals surface area contributed by atoms with E-state index in [9.17, 15) is 0 Å². The maximum atomic E-state index is 2.44. The summed E-state index contributed by atoms with van der Waals surface area (Å²) in [5.41, 5.74) is 12.8. The SMILES string of the molecule is CC.CC.CC.CC.CC.CC.CC.CC.CC.Cc1cccc2c3ccccc3n(-c3cccc[n+]3C)c12.Cc1cccc2c3ccccc3n(C3=[N+](C)C=CC3C)c12.Cc1ccccc1-n1c2ccccc2c2ccc[n+](C)c21. The number of pyridine rings is 2. The minimum Gasteiger partial charge on any atom is -0.240 e. The molecular weight excluding hydrogens is 985 g/mol. The number of hydrogen-bond donors (Lipinski definition) is 0. The number of hydrogen-bond acceptors (Lipinski definition) is 0. The van der Waals surface area contributed by atoms with Crippen LogP contribution in [0.4, 0.5) is 0 Å². The van der Waals surface area contributed by atoms with E-state index in [2.05, 4.69) is 265 Å². The van der Waals surface area contributed by atoms with Gasteiger partial charge in [0.25, 0.3) is 17.3 Å². The summed E-state index contributed by atoms with van der Waals surface area (Å²) in [5.74, 6) is 2.93. The largest absolute Gasteiger partial charge is 0.294 e. The molecule has 0 aliphatic carbocycles. The molecule has 6 nitrogen and oxygen atoms in total. The van der Waals surface area contributed by atoms with Gasteiger partial charge in [-0.25, -0.2) is 13.7 Å². The van der Waals surface area contributed by atoms with Crippen molar-refractivity contribution >= 4 is 71.4 Å². The van der Waals surface area contributed by atoms with Crippen LogP contribution in [-0.4, -0.2) is 31.2 Å². The third-order valence-corrected chi connectivity index (χ3v) is 12.8. The van der Waals surface area contributed by atoms with Gasteiger partial charge in [-0.1, -0.05) is 210 Å². The number of aromatic nitrogens is 5. The molecule has 0 bridgehead atoms. The minimum atomic E-state index is 0.425. The van der Waals surface area contributed by atoms with Crippen LogP contribution in [0.5, 0.6) is 0 Å². The molecule has 0 spiro atoms. The van der Waals surface area contributed by atoms with E-state index in [1.165, 1.54) is 99.6 Å². The number of rotatable bonds is 2. The Balaban J connectivity index is 0.000000532. The number of para-hydroxylation sites is 6. The Bertz CT molecular complexity index is 3450. The lowest BCUT2D eigenvalue weighted by atomic mass is 10.1. The van der Waals surface area contributed by atoms with Crippen LogP contribution in [0.25, 0.3) is 77.1 Å². The summed E-state index contributed by atoms with van der Waals surface area (Å²) in [5, 5.41) is 7.88. The summed E-state index contributed by atoms with van der Waals surface area (Å²) in [6.45, 7) is 44.8. The monoisotopic (exact) mass is 1090 g/mol. The van der Waals surface area contributed by atoms with Gasteiger partial charge in [0.2, 0.25) is 0 Å².